The summed E-state index contributed by atoms with van der Waals surface area (Å²) >= 11 is 0. The fourth-order valence-corrected chi connectivity index (χ4v) is 5.27. The van der Waals surface area contributed by atoms with Gasteiger partial charge in [0.2, 0.25) is 0 Å². The van der Waals surface area contributed by atoms with Crippen LogP contribution in [0.15, 0.2) is 82.6 Å². The molecule has 14 nitrogen and oxygen atoms in total. The molecule has 0 aliphatic carbocycles. The Morgan fingerprint density at radius 3 is 1.44 bits per heavy atom. The summed E-state index contributed by atoms with van der Waals surface area (Å²) in [6.45, 7) is 1.88. The second kappa shape index (κ2) is 25.5. The van der Waals surface area contributed by atoms with Gasteiger partial charge in [0, 0.05) is 15.5 Å². The topological polar surface area (TPSA) is 235 Å². The Hall–Kier alpha value is -0.460. The SMILES string of the molecule is CCc1ccc(-c2[c-]cc(COc3ccc(-c4[c-]cc(OC)cc4)c(S(=O)(=O)[O-])c3)cc2)c(S(=O)(=O)[O-])c1.O=S(=O)=O.O=S(=O)=O.[Na+].[Na+].[Na+].[Na+]. The van der Waals surface area contributed by atoms with Crippen LogP contribution in [0.25, 0.3) is 22.3 Å². The number of benzene rings is 4. The first-order chi connectivity index (χ1) is 21.5. The zero-order valence-electron chi connectivity index (χ0n) is 27.7. The Labute approximate surface area is 381 Å². The van der Waals surface area contributed by atoms with Gasteiger partial charge in [0.25, 0.3) is 0 Å². The van der Waals surface area contributed by atoms with Gasteiger partial charge in [0.1, 0.15) is 26.0 Å². The molecule has 246 valence electrons. The molecule has 0 bridgehead atoms. The fourth-order valence-electron chi connectivity index (χ4n) is 3.82. The molecule has 0 fully saturated rings. The van der Waals surface area contributed by atoms with E-state index in [1.165, 1.54) is 25.3 Å². The van der Waals surface area contributed by atoms with E-state index in [-0.39, 0.29) is 147 Å². The molecule has 4 aromatic rings. The van der Waals surface area contributed by atoms with Crippen molar-refractivity contribution < 1.29 is 179 Å². The van der Waals surface area contributed by atoms with Crippen molar-refractivity contribution in [2.24, 2.45) is 0 Å². The number of aryl methyl sites for hydroxylation is 1. The van der Waals surface area contributed by atoms with E-state index < -0.39 is 46.3 Å². The molecule has 0 saturated heterocycles. The standard InChI is InChI=1S/C28H24O8S2.4Na.2O3S/c1-3-19-6-14-25(27(16-19)37(29,30)31)21-7-4-20(5-8-21)18-36-24-13-15-26(28(17-24)38(32,33)34)22-9-11-23(35-2)12-10-22;;;;;2*1-4(2)3/h4-7,9,11-17H,3,18H2,1-2H3,(H,29,30,31)(H,32,33,34);;;;;;/q-2;4*+1;;/p-2. The quantitative estimate of drug-likeness (QED) is 0.0869. The van der Waals surface area contributed by atoms with Gasteiger partial charge >= 0.3 is 139 Å². The number of rotatable bonds is 9. The van der Waals surface area contributed by atoms with Crippen LogP contribution in [0.3, 0.4) is 0 Å². The van der Waals surface area contributed by atoms with E-state index >= 15 is 0 Å². The van der Waals surface area contributed by atoms with E-state index in [4.69, 9.17) is 34.7 Å². The molecule has 0 radical (unpaired) electrons. The van der Waals surface area contributed by atoms with Crippen molar-refractivity contribution in [3.05, 3.63) is 96.1 Å². The summed E-state index contributed by atoms with van der Waals surface area (Å²) in [5, 5.41) is 0. The molecule has 50 heavy (non-hydrogen) atoms. The van der Waals surface area contributed by atoms with Crippen LogP contribution in [-0.4, -0.2) is 58.3 Å². The van der Waals surface area contributed by atoms with E-state index in [0.29, 0.717) is 28.9 Å². The van der Waals surface area contributed by atoms with Gasteiger partial charge in [-0.25, -0.2) is 16.8 Å². The van der Waals surface area contributed by atoms with Crippen LogP contribution in [0.1, 0.15) is 18.1 Å². The number of ether oxygens (including phenoxy) is 2. The van der Waals surface area contributed by atoms with Gasteiger partial charge in [-0.15, -0.1) is 84.9 Å². The van der Waals surface area contributed by atoms with Crippen LogP contribution < -0.4 is 128 Å². The molecular weight excluding hydrogens is 781 g/mol. The average molecular weight is 803 g/mol. The molecule has 0 aliphatic rings. The second-order valence-corrected chi connectivity index (χ2v) is 12.2. The number of methoxy groups -OCH3 is 1. The van der Waals surface area contributed by atoms with Gasteiger partial charge in [-0.1, -0.05) is 47.9 Å². The average Bonchev–Trinajstić information content (AvgIpc) is 2.98. The third-order valence-electron chi connectivity index (χ3n) is 5.83. The molecule has 0 heterocycles. The van der Waals surface area contributed by atoms with E-state index in [2.05, 4.69) is 12.1 Å². The van der Waals surface area contributed by atoms with E-state index in [1.54, 1.807) is 48.5 Å². The summed E-state index contributed by atoms with van der Waals surface area (Å²) in [5.74, 6) is 0.697. The smallest absolute Gasteiger partial charge is 0.745 e. The minimum Gasteiger partial charge on any atom is -0.745 e. The molecule has 4 rings (SSSR count). The third-order valence-corrected chi connectivity index (χ3v) is 7.58. The monoisotopic (exact) mass is 802 g/mol. The Bertz CT molecular complexity index is 2090. The van der Waals surface area contributed by atoms with Crippen molar-refractivity contribution in [2.45, 2.75) is 29.7 Å². The van der Waals surface area contributed by atoms with Gasteiger partial charge in [-0.05, 0) is 24.1 Å². The summed E-state index contributed by atoms with van der Waals surface area (Å²) in [6, 6.07) is 24.4. The molecule has 0 unspecified atom stereocenters. The maximum absolute atomic E-state index is 12.0. The first-order valence-electron chi connectivity index (χ1n) is 12.4. The molecule has 4 aromatic carbocycles. The molecule has 0 spiro atoms. The van der Waals surface area contributed by atoms with Crippen molar-refractivity contribution in [1.82, 2.24) is 0 Å². The zero-order valence-corrected chi connectivity index (χ0v) is 39.0. The van der Waals surface area contributed by atoms with Crippen molar-refractivity contribution >= 4 is 41.5 Å². The largest absolute Gasteiger partial charge is 1.00 e. The van der Waals surface area contributed by atoms with Crippen LogP contribution >= 0.6 is 0 Å². The Balaban J connectivity index is -0.00000167. The van der Waals surface area contributed by atoms with Crippen LogP contribution in [0.2, 0.25) is 0 Å². The third kappa shape index (κ3) is 18.5. The van der Waals surface area contributed by atoms with Crippen molar-refractivity contribution in [3.63, 3.8) is 0 Å². The molecule has 0 aromatic heterocycles. The maximum Gasteiger partial charge on any atom is 1.00 e. The number of hydrogen-bond donors (Lipinski definition) is 0. The summed E-state index contributed by atoms with van der Waals surface area (Å²) in [7, 11) is -14.2. The molecule has 0 amide bonds. The number of hydrogen-bond acceptors (Lipinski definition) is 14. The van der Waals surface area contributed by atoms with Gasteiger partial charge in [-0.3, -0.25) is 0 Å². The first-order valence-corrected chi connectivity index (χ1v) is 17.2. The summed E-state index contributed by atoms with van der Waals surface area (Å²) in [4.78, 5) is -0.752. The maximum atomic E-state index is 12.0. The molecule has 0 aliphatic heterocycles. The summed E-state index contributed by atoms with van der Waals surface area (Å²) in [5.41, 5.74) is 2.63. The summed E-state index contributed by atoms with van der Waals surface area (Å²) < 4.78 is 133. The van der Waals surface area contributed by atoms with Crippen LogP contribution in [0.4, 0.5) is 0 Å². The predicted octanol–water partition coefficient (Wildman–Crippen LogP) is -9.41. The predicted molar refractivity (Wildman–Crippen MR) is 157 cm³/mol. The molecule has 0 atom stereocenters. The van der Waals surface area contributed by atoms with E-state index in [1.807, 2.05) is 6.92 Å². The van der Waals surface area contributed by atoms with Crippen molar-refractivity contribution in [3.8, 4) is 33.8 Å². The fraction of sp³-hybridized carbons (Fsp3) is 0.143. The second-order valence-electron chi connectivity index (χ2n) is 8.70. The molecule has 0 N–H and O–H groups in total. The van der Waals surface area contributed by atoms with Gasteiger partial charge < -0.3 is 18.6 Å². The van der Waals surface area contributed by atoms with Crippen LogP contribution in [-0.2, 0) is 54.5 Å². The van der Waals surface area contributed by atoms with Crippen LogP contribution in [0, 0.1) is 12.1 Å². The Kier molecular flexibility index (Phi) is 27.5. The van der Waals surface area contributed by atoms with E-state index in [0.717, 1.165) is 11.6 Å². The minimum atomic E-state index is -4.82. The molecule has 0 saturated carbocycles. The molecular formula is C28H22Na4O14S4. The summed E-state index contributed by atoms with van der Waals surface area (Å²) in [6.07, 6.45) is 0.581. The normalized spacial score (nSPS) is 9.92. The zero-order chi connectivity index (χ0) is 34.7. The Morgan fingerprint density at radius 2 is 1.04 bits per heavy atom. The van der Waals surface area contributed by atoms with Gasteiger partial charge in [0.15, 0.2) is 0 Å². The Morgan fingerprint density at radius 1 is 0.620 bits per heavy atom. The van der Waals surface area contributed by atoms with Gasteiger partial charge in [-0.2, -0.15) is 0 Å². The van der Waals surface area contributed by atoms with Gasteiger partial charge in [0.05, 0.1) is 13.7 Å². The van der Waals surface area contributed by atoms with Crippen molar-refractivity contribution in [2.75, 3.05) is 7.11 Å². The van der Waals surface area contributed by atoms with E-state index in [9.17, 15) is 25.9 Å². The molecule has 22 heteroatoms. The minimum absolute atomic E-state index is 0. The van der Waals surface area contributed by atoms with Crippen LogP contribution in [0.5, 0.6) is 11.5 Å². The first kappa shape index (κ1) is 53.9. The van der Waals surface area contributed by atoms with Crippen molar-refractivity contribution in [1.29, 1.82) is 0 Å².